The van der Waals surface area contributed by atoms with Gasteiger partial charge >= 0.3 is 0 Å². The average molecular weight is 303 g/mol. The summed E-state index contributed by atoms with van der Waals surface area (Å²) in [6, 6.07) is 14.2. The smallest absolute Gasteiger partial charge is 0.143 e. The van der Waals surface area contributed by atoms with E-state index in [1.165, 1.54) is 0 Å². The summed E-state index contributed by atoms with van der Waals surface area (Å²) in [5.74, 6) is 0. The topological polar surface area (TPSA) is 22.0 Å². The number of hydrogen-bond acceptors (Lipinski definition) is 1. The molecule has 1 aromatic heterocycles. The monoisotopic (exact) mass is 303 g/mol. The van der Waals surface area contributed by atoms with Crippen molar-refractivity contribution in [2.75, 3.05) is 0 Å². The second-order valence-electron chi connectivity index (χ2n) is 3.10. The minimum atomic E-state index is -0.0151. The van der Waals surface area contributed by atoms with Gasteiger partial charge in [0.1, 0.15) is 5.56 Å². The van der Waals surface area contributed by atoms with Gasteiger partial charge in [0.15, 0.2) is 0 Å². The molecule has 0 aliphatic rings. The molecule has 1 heterocycles. The zero-order valence-electron chi connectivity index (χ0n) is 10.5. The Balaban J connectivity index is 0.000000811. The fraction of sp³-hybridized carbons (Fsp3) is 0.214. The van der Waals surface area contributed by atoms with E-state index in [4.69, 9.17) is 0 Å². The first-order chi connectivity index (χ1) is 7.79. The molecule has 87 valence electrons. The summed E-state index contributed by atoms with van der Waals surface area (Å²) < 4.78 is 1.62. The van der Waals surface area contributed by atoms with Crippen molar-refractivity contribution in [3.05, 3.63) is 64.6 Å². The first-order valence-electron chi connectivity index (χ1n) is 5.44. The van der Waals surface area contributed by atoms with Crippen LogP contribution < -0.4 is 5.56 Å². The number of pyridine rings is 1. The van der Waals surface area contributed by atoms with Crippen molar-refractivity contribution in [1.29, 1.82) is 0 Å². The van der Waals surface area contributed by atoms with Gasteiger partial charge in [-0.3, -0.25) is 0 Å². The van der Waals surface area contributed by atoms with Gasteiger partial charge in [-0.25, -0.2) is 0 Å². The maximum Gasteiger partial charge on any atom is 0.143 e. The normalized spacial score (nSPS) is 8.65. The first kappa shape index (κ1) is 16.3. The molecule has 2 rings (SSSR count). The molecule has 1 aromatic carbocycles. The van der Waals surface area contributed by atoms with E-state index in [1.807, 2.05) is 44.2 Å². The van der Waals surface area contributed by atoms with E-state index in [2.05, 4.69) is 6.07 Å². The van der Waals surface area contributed by atoms with Crippen LogP contribution in [0.5, 0.6) is 0 Å². The van der Waals surface area contributed by atoms with E-state index >= 15 is 0 Å². The van der Waals surface area contributed by atoms with Gasteiger partial charge in [-0.15, -0.1) is 5.56 Å². The summed E-state index contributed by atoms with van der Waals surface area (Å²) in [6.45, 7) is 5.77. The van der Waals surface area contributed by atoms with Gasteiger partial charge in [0, 0.05) is 38.4 Å². The Morgan fingerprint density at radius 2 is 1.71 bits per heavy atom. The van der Waals surface area contributed by atoms with Gasteiger partial charge < -0.3 is 9.36 Å². The predicted octanol–water partition coefficient (Wildman–Crippen LogP) is 2.97. The number of rotatable bonds is 1. The van der Waals surface area contributed by atoms with Crippen LogP contribution in [0.15, 0.2) is 47.4 Å². The van der Waals surface area contributed by atoms with Crippen molar-refractivity contribution in [2.24, 2.45) is 0 Å². The van der Waals surface area contributed by atoms with Crippen LogP contribution in [0.25, 0.3) is 5.69 Å². The summed E-state index contributed by atoms with van der Waals surface area (Å²) >= 11 is 0. The number of hydrogen-bond donors (Lipinski definition) is 0. The quantitative estimate of drug-likeness (QED) is 0.742. The molecular weight excluding hydrogens is 287 g/mol. The second kappa shape index (κ2) is 8.38. The molecule has 2 aromatic rings. The van der Waals surface area contributed by atoms with Crippen LogP contribution in [-0.2, 0) is 32.7 Å². The van der Waals surface area contributed by atoms with Crippen LogP contribution in [0.2, 0.25) is 0 Å². The maximum absolute atomic E-state index is 11.7. The van der Waals surface area contributed by atoms with Crippen molar-refractivity contribution >= 4 is 0 Å². The van der Waals surface area contributed by atoms with Crippen LogP contribution in [0, 0.1) is 13.0 Å². The Bertz CT molecular complexity index is 491. The number of aromatic nitrogens is 1. The van der Waals surface area contributed by atoms with Crippen LogP contribution in [0.4, 0.5) is 0 Å². The molecule has 0 N–H and O–H groups in total. The molecule has 0 saturated heterocycles. The number of benzene rings is 1. The molecule has 3 heteroatoms. The van der Waals surface area contributed by atoms with E-state index in [1.54, 1.807) is 23.8 Å². The van der Waals surface area contributed by atoms with Crippen LogP contribution in [0.3, 0.4) is 0 Å². The van der Waals surface area contributed by atoms with Gasteiger partial charge in [-0.1, -0.05) is 45.2 Å². The predicted molar refractivity (Wildman–Crippen MR) is 67.0 cm³/mol. The average Bonchev–Trinajstić information content (AvgIpc) is 2.36. The molecule has 0 unspecified atom stereocenters. The SMILES string of the molecule is CC.Cc1[c-]ccn(-c2ccccc2)c1=O.[Y]. The zero-order chi connectivity index (χ0) is 12.0. The molecule has 0 fully saturated rings. The number of para-hydroxylation sites is 1. The van der Waals surface area contributed by atoms with E-state index in [0.717, 1.165) is 5.69 Å². The fourth-order valence-corrected chi connectivity index (χ4v) is 1.34. The van der Waals surface area contributed by atoms with Crippen molar-refractivity contribution in [3.63, 3.8) is 0 Å². The summed E-state index contributed by atoms with van der Waals surface area (Å²) in [4.78, 5) is 11.7. The van der Waals surface area contributed by atoms with E-state index < -0.39 is 0 Å². The third kappa shape index (κ3) is 4.21. The van der Waals surface area contributed by atoms with Gasteiger partial charge in [-0.2, -0.15) is 12.1 Å². The standard InChI is InChI=1S/C12H10NO.C2H6.Y/c1-10-6-5-9-13(12(10)14)11-7-3-2-4-8-11;1-2;/h2-5,7-9H,1H3;1-2H3;/q-1;;. The molecular formula is C14H16NOY-. The molecule has 17 heavy (non-hydrogen) atoms. The Kier molecular flexibility index (Phi) is 8.02. The van der Waals surface area contributed by atoms with Crippen molar-refractivity contribution in [3.8, 4) is 5.69 Å². The Morgan fingerprint density at radius 1 is 1.12 bits per heavy atom. The van der Waals surface area contributed by atoms with Crippen LogP contribution >= 0.6 is 0 Å². The third-order valence-corrected chi connectivity index (χ3v) is 2.10. The van der Waals surface area contributed by atoms with Gasteiger partial charge in [0.25, 0.3) is 0 Å². The van der Waals surface area contributed by atoms with Crippen molar-refractivity contribution < 1.29 is 32.7 Å². The Hall–Kier alpha value is -0.726. The first-order valence-corrected chi connectivity index (χ1v) is 5.44. The molecule has 0 spiro atoms. The van der Waals surface area contributed by atoms with E-state index in [9.17, 15) is 4.79 Å². The van der Waals surface area contributed by atoms with E-state index in [0.29, 0.717) is 5.56 Å². The minimum Gasteiger partial charge on any atom is -0.392 e. The fourth-order valence-electron chi connectivity index (χ4n) is 1.34. The Morgan fingerprint density at radius 3 is 2.29 bits per heavy atom. The molecule has 0 bridgehead atoms. The molecule has 0 atom stereocenters. The summed E-state index contributed by atoms with van der Waals surface area (Å²) in [5, 5.41) is 0. The van der Waals surface area contributed by atoms with Gasteiger partial charge in [0.2, 0.25) is 0 Å². The maximum atomic E-state index is 11.7. The molecule has 0 amide bonds. The zero-order valence-corrected chi connectivity index (χ0v) is 13.3. The molecule has 0 saturated carbocycles. The van der Waals surface area contributed by atoms with Gasteiger partial charge in [0.05, 0.1) is 0 Å². The largest absolute Gasteiger partial charge is 0.392 e. The molecule has 2 nitrogen and oxygen atoms in total. The summed E-state index contributed by atoms with van der Waals surface area (Å²) in [6.07, 6.45) is 1.73. The third-order valence-electron chi connectivity index (χ3n) is 2.10. The van der Waals surface area contributed by atoms with Crippen molar-refractivity contribution in [1.82, 2.24) is 4.57 Å². The Labute approximate surface area is 128 Å². The van der Waals surface area contributed by atoms with E-state index in [-0.39, 0.29) is 38.3 Å². The number of nitrogens with zero attached hydrogens (tertiary/aromatic N) is 1. The minimum absolute atomic E-state index is 0. The van der Waals surface area contributed by atoms with Crippen LogP contribution in [0.1, 0.15) is 19.4 Å². The summed E-state index contributed by atoms with van der Waals surface area (Å²) in [5.41, 5.74) is 1.50. The number of aryl methyl sites for hydroxylation is 1. The van der Waals surface area contributed by atoms with Crippen LogP contribution in [-0.4, -0.2) is 4.57 Å². The summed E-state index contributed by atoms with van der Waals surface area (Å²) in [7, 11) is 0. The second-order valence-corrected chi connectivity index (χ2v) is 3.10. The van der Waals surface area contributed by atoms with Crippen molar-refractivity contribution in [2.45, 2.75) is 20.8 Å². The molecule has 0 aliphatic heterocycles. The molecule has 0 aliphatic carbocycles. The molecule has 1 radical (unpaired) electrons. The van der Waals surface area contributed by atoms with Gasteiger partial charge in [-0.05, 0) is 12.1 Å².